The Hall–Kier alpha value is -4.36. The Morgan fingerprint density at radius 3 is 2.64 bits per heavy atom. The number of aromatic nitrogens is 1. The summed E-state index contributed by atoms with van der Waals surface area (Å²) in [6.45, 7) is 5.53. The van der Waals surface area contributed by atoms with Gasteiger partial charge in [-0.05, 0) is 38.9 Å². The molecule has 16 heteroatoms. The van der Waals surface area contributed by atoms with Crippen molar-refractivity contribution in [3.05, 3.63) is 63.5 Å². The van der Waals surface area contributed by atoms with Crippen molar-refractivity contribution in [1.82, 2.24) is 9.88 Å². The smallest absolute Gasteiger partial charge is 0.411 e. The first-order valence-corrected chi connectivity index (χ1v) is 15.5. The van der Waals surface area contributed by atoms with E-state index >= 15 is 8.78 Å². The number of carbonyl (C=O) groups is 1. The van der Waals surface area contributed by atoms with Gasteiger partial charge in [0.25, 0.3) is 10.0 Å². The molecule has 3 aromatic rings. The predicted octanol–water partition coefficient (Wildman–Crippen LogP) is 5.81. The summed E-state index contributed by atoms with van der Waals surface area (Å²) in [6.07, 6.45) is 0.877. The monoisotopic (exact) mass is 649 g/mol. The average molecular weight is 650 g/mol. The lowest BCUT2D eigenvalue weighted by molar-refractivity contribution is 0.0404. The zero-order valence-corrected chi connectivity index (χ0v) is 26.1. The minimum Gasteiger partial charge on any atom is -0.496 e. The largest absolute Gasteiger partial charge is 0.496 e. The second kappa shape index (κ2) is 12.3. The maximum Gasteiger partial charge on any atom is 0.411 e. The molecule has 1 aliphatic heterocycles. The van der Waals surface area contributed by atoms with Gasteiger partial charge in [-0.1, -0.05) is 6.07 Å². The van der Waals surface area contributed by atoms with Gasteiger partial charge in [-0.3, -0.25) is 0 Å². The zero-order valence-electron chi connectivity index (χ0n) is 24.5. The van der Waals surface area contributed by atoms with Crippen LogP contribution >= 0.6 is 11.3 Å². The highest BCUT2D eigenvalue weighted by Crippen LogP contribution is 2.38. The number of benzene rings is 2. The number of ether oxygens (including phenoxy) is 3. The molecule has 1 saturated heterocycles. The molecule has 0 N–H and O–H groups in total. The van der Waals surface area contributed by atoms with Gasteiger partial charge in [-0.15, -0.1) is 16.2 Å². The van der Waals surface area contributed by atoms with Gasteiger partial charge in [-0.2, -0.15) is 5.26 Å². The summed E-state index contributed by atoms with van der Waals surface area (Å²) in [5, 5.41) is 13.4. The van der Waals surface area contributed by atoms with Crippen molar-refractivity contribution in [2.45, 2.75) is 56.8 Å². The summed E-state index contributed by atoms with van der Waals surface area (Å²) in [5.41, 5.74) is -2.39. The molecule has 0 spiro atoms. The van der Waals surface area contributed by atoms with Crippen LogP contribution in [0.5, 0.6) is 11.5 Å². The Labute approximate surface area is 256 Å². The van der Waals surface area contributed by atoms with Crippen LogP contribution < -0.4 is 13.8 Å². The van der Waals surface area contributed by atoms with Crippen LogP contribution in [0.3, 0.4) is 0 Å². The Balaban J connectivity index is 1.66. The van der Waals surface area contributed by atoms with Crippen LogP contribution in [-0.2, 0) is 21.3 Å². The lowest BCUT2D eigenvalue weighted by Gasteiger charge is -2.29. The van der Waals surface area contributed by atoms with Gasteiger partial charge in [-0.25, -0.2) is 31.3 Å². The molecule has 1 amide bonds. The first kappa shape index (κ1) is 32.6. The molecule has 0 bridgehead atoms. The number of nitriles is 1. The van der Waals surface area contributed by atoms with Gasteiger partial charge >= 0.3 is 6.09 Å². The molecule has 1 atom stereocenters. The first-order chi connectivity index (χ1) is 20.6. The van der Waals surface area contributed by atoms with E-state index in [1.807, 2.05) is 6.07 Å². The van der Waals surface area contributed by atoms with Gasteiger partial charge in [0.1, 0.15) is 34.7 Å². The van der Waals surface area contributed by atoms with E-state index in [0.29, 0.717) is 0 Å². The van der Waals surface area contributed by atoms with Gasteiger partial charge in [0, 0.05) is 47.8 Å². The lowest BCUT2D eigenvalue weighted by atomic mass is 10.1. The molecule has 4 rings (SSSR count). The van der Waals surface area contributed by atoms with Gasteiger partial charge < -0.3 is 19.1 Å². The van der Waals surface area contributed by atoms with Gasteiger partial charge in [0.15, 0.2) is 21.4 Å². The van der Waals surface area contributed by atoms with Gasteiger partial charge in [0.05, 0.1) is 20.2 Å². The van der Waals surface area contributed by atoms with E-state index in [9.17, 15) is 18.1 Å². The van der Waals surface area contributed by atoms with Crippen molar-refractivity contribution in [2.24, 2.45) is 5.18 Å². The highest BCUT2D eigenvalue weighted by Gasteiger charge is 2.42. The van der Waals surface area contributed by atoms with Crippen LogP contribution in [0, 0.1) is 34.8 Å². The maximum absolute atomic E-state index is 15.9. The Bertz CT molecular complexity index is 1730. The van der Waals surface area contributed by atoms with Gasteiger partial charge in [0.2, 0.25) is 0 Å². The summed E-state index contributed by atoms with van der Waals surface area (Å²) in [4.78, 5) is 27.6. The summed E-state index contributed by atoms with van der Waals surface area (Å²) in [5.74, 6) is -2.86. The number of anilines is 1. The fourth-order valence-corrected chi connectivity index (χ4v) is 6.98. The summed E-state index contributed by atoms with van der Waals surface area (Å²) >= 11 is 0.936. The highest BCUT2D eigenvalue weighted by molar-refractivity contribution is 7.93. The molecule has 0 radical (unpaired) electrons. The van der Waals surface area contributed by atoms with Crippen LogP contribution in [0.15, 0.2) is 45.9 Å². The van der Waals surface area contributed by atoms with Crippen LogP contribution in [-0.4, -0.2) is 55.8 Å². The third kappa shape index (κ3) is 6.58. The number of nitroso groups, excluding NO2 is 1. The van der Waals surface area contributed by atoms with Crippen LogP contribution in [0.25, 0.3) is 0 Å². The quantitative estimate of drug-likeness (QED) is 0.248. The maximum atomic E-state index is 15.9. The normalized spacial score (nSPS) is 16.7. The second-order valence-electron chi connectivity index (χ2n) is 10.8. The van der Waals surface area contributed by atoms with Crippen molar-refractivity contribution < 1.29 is 36.2 Å². The number of nitrogens with zero attached hydrogens (tertiary/aromatic N) is 5. The number of carbonyl (C=O) groups excluding carboxylic acids is 1. The third-order valence-electron chi connectivity index (χ3n) is 6.91. The molecule has 0 saturated carbocycles. The number of halogens is 2. The van der Waals surface area contributed by atoms with Crippen molar-refractivity contribution >= 4 is 38.3 Å². The predicted molar refractivity (Wildman–Crippen MR) is 156 cm³/mol. The lowest BCUT2D eigenvalue weighted by Crippen LogP contribution is -2.41. The minimum atomic E-state index is -4.91. The molecule has 234 valence electrons. The molecule has 44 heavy (non-hydrogen) atoms. The fraction of sp³-hybridized carbons (Fsp3) is 0.393. The van der Waals surface area contributed by atoms with E-state index < -0.39 is 50.4 Å². The summed E-state index contributed by atoms with van der Waals surface area (Å²) < 4.78 is 76.6. The van der Waals surface area contributed by atoms with E-state index in [1.165, 1.54) is 62.6 Å². The van der Waals surface area contributed by atoms with E-state index in [1.54, 1.807) is 6.92 Å². The number of amides is 1. The van der Waals surface area contributed by atoms with E-state index in [0.717, 1.165) is 21.7 Å². The van der Waals surface area contributed by atoms with Crippen molar-refractivity contribution in [3.8, 4) is 17.6 Å². The molecule has 1 fully saturated rings. The topological polar surface area (TPSA) is 151 Å². The molecular weight excluding hydrogens is 620 g/mol. The second-order valence-corrected chi connectivity index (χ2v) is 13.4. The zero-order chi connectivity index (χ0) is 32.4. The molecule has 1 unspecified atom stereocenters. The SMILES string of the molecule is COc1cc(N=O)ccc1CN(c1nccs1)S(=O)(=O)c1c(F)cc(OC2(C)CCN(C(=O)OC(C)(C)C#N)C2)c(C)c1F. The number of likely N-dealkylation sites (tertiary alicyclic amines) is 1. The minimum absolute atomic E-state index is 0.00581. The molecule has 2 heterocycles. The average Bonchev–Trinajstić information content (AvgIpc) is 3.64. The van der Waals surface area contributed by atoms with Crippen molar-refractivity contribution in [2.75, 3.05) is 24.5 Å². The number of thiazole rings is 1. The highest BCUT2D eigenvalue weighted by atomic mass is 32.2. The number of sulfonamides is 1. The van der Waals surface area contributed by atoms with E-state index in [2.05, 4.69) is 10.2 Å². The molecule has 1 aromatic heterocycles. The molecule has 2 aromatic carbocycles. The van der Waals surface area contributed by atoms with E-state index in [-0.39, 0.29) is 53.0 Å². The van der Waals surface area contributed by atoms with Crippen LogP contribution in [0.4, 0.5) is 24.4 Å². The van der Waals surface area contributed by atoms with Crippen molar-refractivity contribution in [1.29, 1.82) is 5.26 Å². The number of hydrogen-bond acceptors (Lipinski definition) is 11. The number of methoxy groups -OCH3 is 1. The number of hydrogen-bond donors (Lipinski definition) is 0. The number of rotatable bonds is 10. The van der Waals surface area contributed by atoms with Crippen LogP contribution in [0.1, 0.15) is 38.3 Å². The molecule has 1 aliphatic rings. The van der Waals surface area contributed by atoms with Crippen molar-refractivity contribution in [3.63, 3.8) is 0 Å². The summed E-state index contributed by atoms with van der Waals surface area (Å²) in [6, 6.07) is 6.74. The summed E-state index contributed by atoms with van der Waals surface area (Å²) in [7, 11) is -3.59. The van der Waals surface area contributed by atoms with Crippen LogP contribution in [0.2, 0.25) is 0 Å². The Morgan fingerprint density at radius 2 is 2.02 bits per heavy atom. The molecular formula is C28H29F2N5O7S2. The molecule has 0 aliphatic carbocycles. The molecule has 12 nitrogen and oxygen atoms in total. The first-order valence-electron chi connectivity index (χ1n) is 13.1. The Kier molecular flexibility index (Phi) is 9.12. The third-order valence-corrected chi connectivity index (χ3v) is 9.59. The van der Waals surface area contributed by atoms with E-state index in [4.69, 9.17) is 19.5 Å². The fourth-order valence-electron chi connectivity index (χ4n) is 4.54. The Morgan fingerprint density at radius 1 is 1.30 bits per heavy atom. The standard InChI is InChI=1S/C28H29F2N5O7S2/c1-17-21(41-28(4)8-10-34(16-28)26(36)42-27(2,3)15-31)13-20(29)24(23(17)30)44(38,39)35(25-32-9-11-43-25)14-18-6-7-19(33-37)12-22(18)40-5/h6-7,9,11-13H,8,10,14,16H2,1-5H3.